The van der Waals surface area contributed by atoms with Crippen molar-refractivity contribution in [3.63, 3.8) is 0 Å². The molecule has 1 rings (SSSR count). The van der Waals surface area contributed by atoms with Crippen molar-refractivity contribution in [1.82, 2.24) is 4.98 Å². The van der Waals surface area contributed by atoms with Crippen molar-refractivity contribution in [2.75, 3.05) is 0 Å². The molecule has 0 aliphatic carbocycles. The summed E-state index contributed by atoms with van der Waals surface area (Å²) in [5.41, 5.74) is 0.817. The molecule has 3 nitrogen and oxygen atoms in total. The summed E-state index contributed by atoms with van der Waals surface area (Å²) in [4.78, 5) is 14.2. The van der Waals surface area contributed by atoms with Gasteiger partial charge in [-0.05, 0) is 19.1 Å². The number of aromatic nitrogens is 1. The highest BCUT2D eigenvalue weighted by molar-refractivity contribution is 5.88. The molecule has 1 aromatic heterocycles. The van der Waals surface area contributed by atoms with Crippen molar-refractivity contribution in [3.05, 3.63) is 29.6 Å². The van der Waals surface area contributed by atoms with Gasteiger partial charge in [0.25, 0.3) is 0 Å². The first-order valence-corrected chi connectivity index (χ1v) is 2.86. The third-order valence-electron chi connectivity index (χ3n) is 1.24. The zero-order valence-corrected chi connectivity index (χ0v) is 6.76. The molecule has 0 aliphatic heterocycles. The van der Waals surface area contributed by atoms with E-state index in [1.54, 1.807) is 19.2 Å². The molecular weight excluding hydrogens is 166 g/mol. The third-order valence-corrected chi connectivity index (χ3v) is 1.24. The second-order valence-electron chi connectivity index (χ2n) is 1.94. The van der Waals surface area contributed by atoms with Crippen molar-refractivity contribution in [1.29, 1.82) is 0 Å². The summed E-state index contributed by atoms with van der Waals surface area (Å²) in [6.45, 7) is 1.67. The van der Waals surface area contributed by atoms with E-state index in [1.807, 2.05) is 0 Å². The predicted octanol–water partition coefficient (Wildman–Crippen LogP) is 1.51. The highest BCUT2D eigenvalue weighted by Crippen LogP contribution is 2.01. The highest BCUT2D eigenvalue weighted by atomic mass is 35.5. The van der Waals surface area contributed by atoms with E-state index in [9.17, 15) is 4.79 Å². The maximum atomic E-state index is 10.4. The van der Waals surface area contributed by atoms with E-state index >= 15 is 0 Å². The Morgan fingerprint density at radius 2 is 2.27 bits per heavy atom. The Hall–Kier alpha value is -1.09. The van der Waals surface area contributed by atoms with Gasteiger partial charge in [0.05, 0.1) is 11.3 Å². The van der Waals surface area contributed by atoms with Gasteiger partial charge in [0.1, 0.15) is 0 Å². The van der Waals surface area contributed by atoms with Gasteiger partial charge in [-0.2, -0.15) is 0 Å². The van der Waals surface area contributed by atoms with E-state index in [0.717, 1.165) is 0 Å². The molecule has 4 heteroatoms. The van der Waals surface area contributed by atoms with Crippen LogP contribution in [0.3, 0.4) is 0 Å². The molecule has 0 aromatic carbocycles. The minimum absolute atomic E-state index is 0. The van der Waals surface area contributed by atoms with Crippen LogP contribution in [0.2, 0.25) is 0 Å². The quantitative estimate of drug-likeness (QED) is 0.701. The molecule has 0 fully saturated rings. The molecule has 11 heavy (non-hydrogen) atoms. The van der Waals surface area contributed by atoms with Crippen LogP contribution in [-0.4, -0.2) is 16.1 Å². The van der Waals surface area contributed by atoms with Crippen LogP contribution in [-0.2, 0) is 0 Å². The summed E-state index contributed by atoms with van der Waals surface area (Å²) in [6, 6.07) is 3.14. The minimum Gasteiger partial charge on any atom is -0.478 e. The fourth-order valence-electron chi connectivity index (χ4n) is 0.710. The number of carbonyl (C=O) groups is 1. The first-order valence-electron chi connectivity index (χ1n) is 2.86. The average Bonchev–Trinajstić information content (AvgIpc) is 1.88. The summed E-state index contributed by atoms with van der Waals surface area (Å²) < 4.78 is 0. The molecular formula is C7H8ClNO2. The lowest BCUT2D eigenvalue weighted by Crippen LogP contribution is -2.00. The Morgan fingerprint density at radius 3 is 2.64 bits per heavy atom. The van der Waals surface area contributed by atoms with Crippen LogP contribution in [0.25, 0.3) is 0 Å². The number of carboxylic acids is 1. The molecule has 0 unspecified atom stereocenters. The maximum absolute atomic E-state index is 10.4. The summed E-state index contributed by atoms with van der Waals surface area (Å²) in [5.74, 6) is -0.925. The number of hydrogen-bond acceptors (Lipinski definition) is 2. The summed E-state index contributed by atoms with van der Waals surface area (Å²) >= 11 is 0. The molecule has 0 amide bonds. The molecule has 0 saturated heterocycles. The lowest BCUT2D eigenvalue weighted by atomic mass is 10.2. The van der Waals surface area contributed by atoms with Crippen molar-refractivity contribution >= 4 is 18.4 Å². The Kier molecular flexibility index (Phi) is 3.54. The molecule has 1 aromatic rings. The topological polar surface area (TPSA) is 50.2 Å². The Labute approximate surface area is 70.5 Å². The van der Waals surface area contributed by atoms with Crippen molar-refractivity contribution in [2.45, 2.75) is 6.92 Å². The largest absolute Gasteiger partial charge is 0.478 e. The molecule has 0 bridgehead atoms. The van der Waals surface area contributed by atoms with Crippen LogP contribution in [0.4, 0.5) is 0 Å². The van der Waals surface area contributed by atoms with Gasteiger partial charge >= 0.3 is 5.97 Å². The average molecular weight is 174 g/mol. The number of pyridine rings is 1. The zero-order chi connectivity index (χ0) is 7.56. The standard InChI is InChI=1S/C7H7NO2.ClH/c1-5-6(7(9)10)3-2-4-8-5;/h2-4H,1H3,(H,9,10);1H. The van der Waals surface area contributed by atoms with E-state index in [0.29, 0.717) is 5.69 Å². The Morgan fingerprint density at radius 1 is 1.64 bits per heavy atom. The van der Waals surface area contributed by atoms with Crippen molar-refractivity contribution in [2.24, 2.45) is 0 Å². The van der Waals surface area contributed by atoms with Gasteiger partial charge < -0.3 is 5.11 Å². The number of nitrogens with zero attached hydrogens (tertiary/aromatic N) is 1. The monoisotopic (exact) mass is 173 g/mol. The molecule has 1 heterocycles. The molecule has 0 aliphatic rings. The third kappa shape index (κ3) is 2.20. The van der Waals surface area contributed by atoms with Crippen molar-refractivity contribution < 1.29 is 9.90 Å². The van der Waals surface area contributed by atoms with E-state index in [4.69, 9.17) is 5.11 Å². The van der Waals surface area contributed by atoms with Gasteiger partial charge in [-0.25, -0.2) is 4.79 Å². The molecule has 0 spiro atoms. The van der Waals surface area contributed by atoms with Crippen molar-refractivity contribution in [3.8, 4) is 0 Å². The first kappa shape index (κ1) is 9.91. The fraction of sp³-hybridized carbons (Fsp3) is 0.143. The second kappa shape index (κ2) is 3.93. The second-order valence-corrected chi connectivity index (χ2v) is 1.94. The number of halogens is 1. The molecule has 0 radical (unpaired) electrons. The smallest absolute Gasteiger partial charge is 0.337 e. The predicted molar refractivity (Wildman–Crippen MR) is 43.2 cm³/mol. The van der Waals surface area contributed by atoms with Gasteiger partial charge in [-0.15, -0.1) is 12.4 Å². The van der Waals surface area contributed by atoms with E-state index < -0.39 is 5.97 Å². The Balaban J connectivity index is 0.000001000. The lowest BCUT2D eigenvalue weighted by molar-refractivity contribution is 0.0695. The number of hydrogen-bond donors (Lipinski definition) is 1. The van der Waals surface area contributed by atoms with Gasteiger partial charge in [-0.3, -0.25) is 4.98 Å². The molecule has 60 valence electrons. The lowest BCUT2D eigenvalue weighted by Gasteiger charge is -1.95. The first-order chi connectivity index (χ1) is 4.72. The summed E-state index contributed by atoms with van der Waals surface area (Å²) in [7, 11) is 0. The molecule has 0 atom stereocenters. The van der Waals surface area contributed by atoms with Crippen LogP contribution >= 0.6 is 12.4 Å². The maximum Gasteiger partial charge on any atom is 0.337 e. The number of aromatic carboxylic acids is 1. The van der Waals surface area contributed by atoms with E-state index in [1.165, 1.54) is 6.07 Å². The van der Waals surface area contributed by atoms with E-state index in [-0.39, 0.29) is 18.0 Å². The van der Waals surface area contributed by atoms with Crippen LogP contribution < -0.4 is 0 Å². The SMILES string of the molecule is Cc1ncccc1C(=O)O.Cl. The van der Waals surface area contributed by atoms with Crippen LogP contribution in [0, 0.1) is 6.92 Å². The number of rotatable bonds is 1. The van der Waals surface area contributed by atoms with Crippen LogP contribution in [0.15, 0.2) is 18.3 Å². The number of carboxylic acid groups (broad SMARTS) is 1. The Bertz CT molecular complexity index is 262. The zero-order valence-electron chi connectivity index (χ0n) is 5.94. The fourth-order valence-corrected chi connectivity index (χ4v) is 0.710. The highest BCUT2D eigenvalue weighted by Gasteiger charge is 2.04. The van der Waals surface area contributed by atoms with Crippen LogP contribution in [0.1, 0.15) is 16.1 Å². The molecule has 1 N–H and O–H groups in total. The van der Waals surface area contributed by atoms with Crippen LogP contribution in [0.5, 0.6) is 0 Å². The molecule has 0 saturated carbocycles. The minimum atomic E-state index is -0.925. The van der Waals surface area contributed by atoms with Gasteiger partial charge in [0.15, 0.2) is 0 Å². The normalized spacial score (nSPS) is 8.45. The van der Waals surface area contributed by atoms with Gasteiger partial charge in [0, 0.05) is 6.20 Å². The van der Waals surface area contributed by atoms with E-state index in [2.05, 4.69) is 4.98 Å². The van der Waals surface area contributed by atoms with Gasteiger partial charge in [-0.1, -0.05) is 0 Å². The summed E-state index contributed by atoms with van der Waals surface area (Å²) in [5, 5.41) is 8.53. The van der Waals surface area contributed by atoms with Gasteiger partial charge in [0.2, 0.25) is 0 Å². The summed E-state index contributed by atoms with van der Waals surface area (Å²) in [6.07, 6.45) is 1.57. The number of aryl methyl sites for hydroxylation is 1.